The molecule has 1 atom stereocenters. The Morgan fingerprint density at radius 2 is 1.68 bits per heavy atom. The molecule has 98 valence electrons. The zero-order chi connectivity index (χ0) is 13.7. The maximum atomic E-state index is 11.7. The van der Waals surface area contributed by atoms with E-state index in [4.69, 9.17) is 4.74 Å². The maximum Gasteiger partial charge on any atom is 0.306 e. The first-order chi connectivity index (χ1) is 9.22. The molecule has 0 aliphatic heterocycles. The summed E-state index contributed by atoms with van der Waals surface area (Å²) in [5.41, 5.74) is 3.52. The van der Waals surface area contributed by atoms with Gasteiger partial charge in [0, 0.05) is 5.92 Å². The Kier molecular flexibility index (Phi) is 4.35. The SMILES string of the molecule is COC(=O)C[C@H](c1ccccc1)c1ccccc1C. The third kappa shape index (κ3) is 3.22. The second kappa shape index (κ2) is 6.19. The first-order valence-electron chi connectivity index (χ1n) is 6.39. The van der Waals surface area contributed by atoms with Gasteiger partial charge < -0.3 is 4.74 Å². The van der Waals surface area contributed by atoms with Crippen molar-refractivity contribution in [2.75, 3.05) is 7.11 Å². The number of benzene rings is 2. The monoisotopic (exact) mass is 254 g/mol. The van der Waals surface area contributed by atoms with Crippen LogP contribution in [-0.4, -0.2) is 13.1 Å². The lowest BCUT2D eigenvalue weighted by Crippen LogP contribution is -2.11. The summed E-state index contributed by atoms with van der Waals surface area (Å²) in [4.78, 5) is 11.7. The van der Waals surface area contributed by atoms with Crippen LogP contribution in [0, 0.1) is 6.92 Å². The summed E-state index contributed by atoms with van der Waals surface area (Å²) in [5, 5.41) is 0. The van der Waals surface area contributed by atoms with Crippen molar-refractivity contribution in [1.29, 1.82) is 0 Å². The number of methoxy groups -OCH3 is 1. The van der Waals surface area contributed by atoms with Crippen molar-refractivity contribution >= 4 is 5.97 Å². The van der Waals surface area contributed by atoms with Gasteiger partial charge >= 0.3 is 5.97 Å². The number of carbonyl (C=O) groups excluding carboxylic acids is 1. The van der Waals surface area contributed by atoms with Crippen LogP contribution in [0.3, 0.4) is 0 Å². The molecule has 19 heavy (non-hydrogen) atoms. The molecule has 2 aromatic carbocycles. The molecule has 2 aromatic rings. The molecular weight excluding hydrogens is 236 g/mol. The largest absolute Gasteiger partial charge is 0.469 e. The topological polar surface area (TPSA) is 26.3 Å². The van der Waals surface area contributed by atoms with Crippen LogP contribution in [0.15, 0.2) is 54.6 Å². The van der Waals surface area contributed by atoms with Crippen molar-refractivity contribution in [2.24, 2.45) is 0 Å². The van der Waals surface area contributed by atoms with Crippen LogP contribution in [0.2, 0.25) is 0 Å². The smallest absolute Gasteiger partial charge is 0.306 e. The molecule has 0 aliphatic rings. The number of hydrogen-bond acceptors (Lipinski definition) is 2. The van der Waals surface area contributed by atoms with Crippen LogP contribution in [-0.2, 0) is 9.53 Å². The van der Waals surface area contributed by atoms with Gasteiger partial charge in [-0.2, -0.15) is 0 Å². The first-order valence-corrected chi connectivity index (χ1v) is 6.39. The van der Waals surface area contributed by atoms with Crippen molar-refractivity contribution < 1.29 is 9.53 Å². The van der Waals surface area contributed by atoms with Crippen LogP contribution in [0.25, 0.3) is 0 Å². The van der Waals surface area contributed by atoms with E-state index in [9.17, 15) is 4.79 Å². The highest BCUT2D eigenvalue weighted by Gasteiger charge is 2.19. The molecule has 0 saturated carbocycles. The minimum atomic E-state index is -0.183. The van der Waals surface area contributed by atoms with Crippen molar-refractivity contribution in [3.63, 3.8) is 0 Å². The highest BCUT2D eigenvalue weighted by Crippen LogP contribution is 2.30. The van der Waals surface area contributed by atoms with Gasteiger partial charge in [-0.3, -0.25) is 4.79 Å². The summed E-state index contributed by atoms with van der Waals surface area (Å²) in [6, 6.07) is 18.3. The minimum Gasteiger partial charge on any atom is -0.469 e. The molecule has 0 aromatic heterocycles. The van der Waals surface area contributed by atoms with Gasteiger partial charge in [0.1, 0.15) is 0 Å². The molecule has 0 N–H and O–H groups in total. The van der Waals surface area contributed by atoms with Crippen molar-refractivity contribution in [3.8, 4) is 0 Å². The summed E-state index contributed by atoms with van der Waals surface area (Å²) < 4.78 is 4.82. The molecule has 0 bridgehead atoms. The molecule has 2 rings (SSSR count). The average Bonchev–Trinajstić information content (AvgIpc) is 2.46. The average molecular weight is 254 g/mol. The Morgan fingerprint density at radius 1 is 1.05 bits per heavy atom. The zero-order valence-electron chi connectivity index (χ0n) is 11.3. The van der Waals surface area contributed by atoms with E-state index < -0.39 is 0 Å². The van der Waals surface area contributed by atoms with Crippen LogP contribution < -0.4 is 0 Å². The Balaban J connectivity index is 2.40. The van der Waals surface area contributed by atoms with Gasteiger partial charge in [-0.1, -0.05) is 54.6 Å². The number of esters is 1. The third-order valence-electron chi connectivity index (χ3n) is 3.36. The normalized spacial score (nSPS) is 11.9. The minimum absolute atomic E-state index is 0.0508. The maximum absolute atomic E-state index is 11.7. The standard InChI is InChI=1S/C17H18O2/c1-13-8-6-7-11-15(13)16(12-17(18)19-2)14-9-4-3-5-10-14/h3-11,16H,12H2,1-2H3/t16-/m1/s1. The molecule has 0 amide bonds. The second-order valence-electron chi connectivity index (χ2n) is 4.60. The Morgan fingerprint density at radius 3 is 2.32 bits per heavy atom. The van der Waals surface area contributed by atoms with Gasteiger partial charge in [0.05, 0.1) is 13.5 Å². The van der Waals surface area contributed by atoms with Crippen LogP contribution in [0.5, 0.6) is 0 Å². The highest BCUT2D eigenvalue weighted by molar-refractivity contribution is 5.71. The molecule has 0 radical (unpaired) electrons. The lowest BCUT2D eigenvalue weighted by Gasteiger charge is -2.19. The zero-order valence-corrected chi connectivity index (χ0v) is 11.3. The molecule has 0 fully saturated rings. The van der Waals surface area contributed by atoms with Crippen molar-refractivity contribution in [1.82, 2.24) is 0 Å². The quantitative estimate of drug-likeness (QED) is 0.778. The van der Waals surface area contributed by atoms with Crippen LogP contribution in [0.4, 0.5) is 0 Å². The van der Waals surface area contributed by atoms with Crippen molar-refractivity contribution in [2.45, 2.75) is 19.3 Å². The van der Waals surface area contributed by atoms with Gasteiger partial charge in [0.2, 0.25) is 0 Å². The fraction of sp³-hybridized carbons (Fsp3) is 0.235. The van der Waals surface area contributed by atoms with Crippen molar-refractivity contribution in [3.05, 3.63) is 71.3 Å². The summed E-state index contributed by atoms with van der Waals surface area (Å²) in [7, 11) is 1.43. The van der Waals surface area contributed by atoms with Gasteiger partial charge in [0.25, 0.3) is 0 Å². The molecule has 0 saturated heterocycles. The van der Waals surface area contributed by atoms with E-state index in [0.717, 1.165) is 5.56 Å². The number of rotatable bonds is 4. The fourth-order valence-electron chi connectivity index (χ4n) is 2.32. The van der Waals surface area contributed by atoms with Gasteiger partial charge in [-0.15, -0.1) is 0 Å². The van der Waals surface area contributed by atoms with Gasteiger partial charge in [-0.05, 0) is 23.6 Å². The summed E-state index contributed by atoms with van der Waals surface area (Å²) in [6.45, 7) is 2.07. The fourth-order valence-corrected chi connectivity index (χ4v) is 2.32. The molecule has 0 spiro atoms. The Hall–Kier alpha value is -2.09. The molecule has 2 heteroatoms. The second-order valence-corrected chi connectivity index (χ2v) is 4.60. The Labute approximate surface area is 114 Å². The van der Waals surface area contributed by atoms with E-state index in [1.807, 2.05) is 30.3 Å². The number of aryl methyl sites for hydroxylation is 1. The number of carbonyl (C=O) groups is 1. The highest BCUT2D eigenvalue weighted by atomic mass is 16.5. The molecule has 0 aliphatic carbocycles. The first kappa shape index (κ1) is 13.3. The van der Waals surface area contributed by atoms with E-state index in [1.165, 1.54) is 18.2 Å². The third-order valence-corrected chi connectivity index (χ3v) is 3.36. The van der Waals surface area contributed by atoms with E-state index in [1.54, 1.807) is 0 Å². The van der Waals surface area contributed by atoms with Gasteiger partial charge in [0.15, 0.2) is 0 Å². The van der Waals surface area contributed by atoms with E-state index in [0.29, 0.717) is 6.42 Å². The molecule has 0 heterocycles. The lowest BCUT2D eigenvalue weighted by atomic mass is 9.86. The predicted octanol–water partition coefficient (Wildman–Crippen LogP) is 3.69. The van der Waals surface area contributed by atoms with E-state index in [2.05, 4.69) is 31.2 Å². The summed E-state index contributed by atoms with van der Waals surface area (Å²) in [5.74, 6) is -0.132. The Bertz CT molecular complexity index is 546. The molecular formula is C17H18O2. The molecule has 0 unspecified atom stereocenters. The van der Waals surface area contributed by atoms with E-state index >= 15 is 0 Å². The van der Waals surface area contributed by atoms with E-state index in [-0.39, 0.29) is 11.9 Å². The molecule has 2 nitrogen and oxygen atoms in total. The number of hydrogen-bond donors (Lipinski definition) is 0. The summed E-state index contributed by atoms with van der Waals surface area (Å²) in [6.07, 6.45) is 0.366. The van der Waals surface area contributed by atoms with Gasteiger partial charge in [-0.25, -0.2) is 0 Å². The predicted molar refractivity (Wildman–Crippen MR) is 76.1 cm³/mol. The lowest BCUT2D eigenvalue weighted by molar-refractivity contribution is -0.140. The summed E-state index contributed by atoms with van der Waals surface area (Å²) >= 11 is 0. The van der Waals surface area contributed by atoms with Crippen LogP contribution in [0.1, 0.15) is 29.0 Å². The van der Waals surface area contributed by atoms with Crippen LogP contribution >= 0.6 is 0 Å². The number of ether oxygens (including phenoxy) is 1.